The second-order valence-electron chi connectivity index (χ2n) is 5.70. The predicted molar refractivity (Wildman–Crippen MR) is 88.0 cm³/mol. The summed E-state index contributed by atoms with van der Waals surface area (Å²) in [6.45, 7) is 1.79. The van der Waals surface area contributed by atoms with Crippen molar-refractivity contribution in [3.05, 3.63) is 39.4 Å². The molecular formula is C15H17NO3S3. The minimum Gasteiger partial charge on any atom is -0.369 e. The lowest BCUT2D eigenvalue weighted by atomic mass is 9.86. The lowest BCUT2D eigenvalue weighted by molar-refractivity contribution is -0.0861. The number of fused-ring (bicyclic) bond motifs is 2. The fraction of sp³-hybridized carbons (Fsp3) is 0.467. The van der Waals surface area contributed by atoms with Gasteiger partial charge >= 0.3 is 0 Å². The Balaban J connectivity index is 1.57. The molecule has 4 rings (SSSR count). The third-order valence-electron chi connectivity index (χ3n) is 4.53. The van der Waals surface area contributed by atoms with E-state index in [0.717, 1.165) is 25.9 Å². The Hall–Kier alpha value is -0.730. The Bertz CT molecular complexity index is 756. The van der Waals surface area contributed by atoms with E-state index in [2.05, 4.69) is 11.4 Å². The molecule has 0 amide bonds. The average Bonchev–Trinajstić information content (AvgIpc) is 3.20. The van der Waals surface area contributed by atoms with Gasteiger partial charge in [0.05, 0.1) is 6.61 Å². The zero-order valence-corrected chi connectivity index (χ0v) is 14.5. The number of piperidine rings is 1. The van der Waals surface area contributed by atoms with E-state index >= 15 is 0 Å². The van der Waals surface area contributed by atoms with Gasteiger partial charge in [-0.05, 0) is 47.7 Å². The van der Waals surface area contributed by atoms with Crippen molar-refractivity contribution in [3.8, 4) is 0 Å². The monoisotopic (exact) mass is 355 g/mol. The number of thiophene rings is 2. The highest BCUT2D eigenvalue weighted by Gasteiger charge is 2.44. The van der Waals surface area contributed by atoms with Crippen LogP contribution < -0.4 is 0 Å². The van der Waals surface area contributed by atoms with Crippen LogP contribution in [0.2, 0.25) is 0 Å². The van der Waals surface area contributed by atoms with Crippen LogP contribution >= 0.6 is 22.7 Å². The topological polar surface area (TPSA) is 46.6 Å². The number of ether oxygens (including phenoxy) is 1. The minimum absolute atomic E-state index is 0.261. The molecule has 0 saturated carbocycles. The molecule has 1 saturated heterocycles. The van der Waals surface area contributed by atoms with E-state index in [-0.39, 0.29) is 5.60 Å². The van der Waals surface area contributed by atoms with Gasteiger partial charge in [-0.15, -0.1) is 22.7 Å². The van der Waals surface area contributed by atoms with Crippen molar-refractivity contribution in [2.45, 2.75) is 29.1 Å². The van der Waals surface area contributed by atoms with Crippen LogP contribution in [0, 0.1) is 0 Å². The van der Waals surface area contributed by atoms with Crippen LogP contribution in [0.1, 0.15) is 23.3 Å². The second-order valence-corrected chi connectivity index (χ2v) is 9.73. The summed E-state index contributed by atoms with van der Waals surface area (Å²) in [5.74, 6) is 0. The summed E-state index contributed by atoms with van der Waals surface area (Å²) in [4.78, 5) is 1.31. The van der Waals surface area contributed by atoms with Crippen LogP contribution in [0.15, 0.2) is 33.2 Å². The van der Waals surface area contributed by atoms with Crippen molar-refractivity contribution in [1.82, 2.24) is 4.31 Å². The van der Waals surface area contributed by atoms with Gasteiger partial charge in [-0.2, -0.15) is 4.31 Å². The first-order chi connectivity index (χ1) is 10.6. The number of hydrogen-bond donors (Lipinski definition) is 0. The molecule has 0 bridgehead atoms. The van der Waals surface area contributed by atoms with Crippen LogP contribution in [0.25, 0.3) is 0 Å². The highest BCUT2D eigenvalue weighted by Crippen LogP contribution is 2.44. The number of hydrogen-bond acceptors (Lipinski definition) is 5. The Labute approximate surface area is 138 Å². The zero-order chi connectivity index (χ0) is 15.2. The maximum absolute atomic E-state index is 12.6. The van der Waals surface area contributed by atoms with Gasteiger partial charge in [0.1, 0.15) is 9.81 Å². The molecule has 1 spiro atoms. The first-order valence-electron chi connectivity index (χ1n) is 7.36. The third kappa shape index (κ3) is 2.27. The number of rotatable bonds is 2. The standard InChI is InChI=1S/C15H17NO3S3/c17-22(18,13-2-1-10-20-13)16-7-5-15(6-8-16)14-12(3-9-19-15)4-11-21-14/h1-2,4,10-11H,3,5-9H2. The zero-order valence-electron chi connectivity index (χ0n) is 12.0. The first kappa shape index (κ1) is 14.8. The van der Waals surface area contributed by atoms with Crippen molar-refractivity contribution in [3.63, 3.8) is 0 Å². The van der Waals surface area contributed by atoms with Gasteiger partial charge < -0.3 is 4.74 Å². The summed E-state index contributed by atoms with van der Waals surface area (Å²) in [6.07, 6.45) is 2.45. The van der Waals surface area contributed by atoms with E-state index in [1.165, 1.54) is 21.8 Å². The van der Waals surface area contributed by atoms with Crippen molar-refractivity contribution in [1.29, 1.82) is 0 Å². The van der Waals surface area contributed by atoms with Crippen molar-refractivity contribution >= 4 is 32.7 Å². The normalized spacial score (nSPS) is 21.8. The smallest absolute Gasteiger partial charge is 0.252 e. The van der Waals surface area contributed by atoms with Gasteiger partial charge in [0.25, 0.3) is 10.0 Å². The van der Waals surface area contributed by atoms with E-state index in [1.807, 2.05) is 0 Å². The van der Waals surface area contributed by atoms with Crippen LogP contribution in [0.3, 0.4) is 0 Å². The fourth-order valence-corrected chi connectivity index (χ4v) is 7.10. The average molecular weight is 356 g/mol. The Morgan fingerprint density at radius 3 is 2.68 bits per heavy atom. The maximum Gasteiger partial charge on any atom is 0.252 e. The fourth-order valence-electron chi connectivity index (χ4n) is 3.35. The molecule has 2 aliphatic heterocycles. The van der Waals surface area contributed by atoms with E-state index in [9.17, 15) is 8.42 Å². The molecule has 0 radical (unpaired) electrons. The molecule has 4 nitrogen and oxygen atoms in total. The summed E-state index contributed by atoms with van der Waals surface area (Å²) in [5, 5.41) is 3.93. The van der Waals surface area contributed by atoms with Crippen molar-refractivity contribution in [2.75, 3.05) is 19.7 Å². The van der Waals surface area contributed by atoms with E-state index in [1.54, 1.807) is 33.2 Å². The van der Waals surface area contributed by atoms with Crippen LogP contribution in [-0.4, -0.2) is 32.4 Å². The molecule has 0 unspecified atom stereocenters. The van der Waals surface area contributed by atoms with Crippen molar-refractivity contribution in [2.24, 2.45) is 0 Å². The first-order valence-corrected chi connectivity index (χ1v) is 10.6. The van der Waals surface area contributed by atoms with Gasteiger partial charge in [-0.3, -0.25) is 0 Å². The molecule has 118 valence electrons. The van der Waals surface area contributed by atoms with E-state index in [4.69, 9.17) is 4.74 Å². The predicted octanol–water partition coefficient (Wildman–Crippen LogP) is 3.06. The largest absolute Gasteiger partial charge is 0.369 e. The van der Waals surface area contributed by atoms with Crippen LogP contribution in [0.4, 0.5) is 0 Å². The Kier molecular flexibility index (Phi) is 3.65. The molecule has 2 aromatic rings. The molecule has 0 aliphatic carbocycles. The second kappa shape index (κ2) is 5.42. The summed E-state index contributed by atoms with van der Waals surface area (Å²) in [7, 11) is -3.34. The van der Waals surface area contributed by atoms with Crippen molar-refractivity contribution < 1.29 is 13.2 Å². The number of sulfonamides is 1. The molecule has 4 heterocycles. The van der Waals surface area contributed by atoms with Gasteiger partial charge in [0.15, 0.2) is 0 Å². The highest BCUT2D eigenvalue weighted by molar-refractivity contribution is 7.91. The van der Waals surface area contributed by atoms with Crippen LogP contribution in [0.5, 0.6) is 0 Å². The maximum atomic E-state index is 12.6. The molecule has 1 fully saturated rings. The quantitative estimate of drug-likeness (QED) is 0.832. The molecular weight excluding hydrogens is 338 g/mol. The molecule has 2 aromatic heterocycles. The lowest BCUT2D eigenvalue weighted by Gasteiger charge is -2.43. The van der Waals surface area contributed by atoms with E-state index < -0.39 is 10.0 Å². The third-order valence-corrected chi connectivity index (χ3v) is 8.94. The van der Waals surface area contributed by atoms with Crippen LogP contribution in [-0.2, 0) is 26.8 Å². The SMILES string of the molecule is O=S(=O)(c1cccs1)N1CCC2(CC1)OCCc1ccsc12. The van der Waals surface area contributed by atoms with Gasteiger partial charge in [-0.1, -0.05) is 6.07 Å². The Morgan fingerprint density at radius 2 is 1.95 bits per heavy atom. The Morgan fingerprint density at radius 1 is 1.14 bits per heavy atom. The molecule has 7 heteroatoms. The molecule has 2 aliphatic rings. The molecule has 0 N–H and O–H groups in total. The highest BCUT2D eigenvalue weighted by atomic mass is 32.2. The number of nitrogens with zero attached hydrogens (tertiary/aromatic N) is 1. The van der Waals surface area contributed by atoms with Gasteiger partial charge in [0, 0.05) is 18.0 Å². The summed E-state index contributed by atoms with van der Waals surface area (Å²) in [6, 6.07) is 5.64. The molecule has 22 heavy (non-hydrogen) atoms. The molecule has 0 atom stereocenters. The summed E-state index contributed by atoms with van der Waals surface area (Å²) < 4.78 is 33.4. The van der Waals surface area contributed by atoms with Gasteiger partial charge in [0.2, 0.25) is 0 Å². The van der Waals surface area contributed by atoms with E-state index in [0.29, 0.717) is 17.3 Å². The minimum atomic E-state index is -3.34. The summed E-state index contributed by atoms with van der Waals surface area (Å²) in [5.41, 5.74) is 1.12. The molecule has 0 aromatic carbocycles. The summed E-state index contributed by atoms with van der Waals surface area (Å²) >= 11 is 3.03. The van der Waals surface area contributed by atoms with Gasteiger partial charge in [-0.25, -0.2) is 8.42 Å². The lowest BCUT2D eigenvalue weighted by Crippen LogP contribution is -2.47.